The molecule has 4 aromatic rings. The Morgan fingerprint density at radius 1 is 1.13 bits per heavy atom. The molecule has 0 saturated carbocycles. The Labute approximate surface area is 193 Å². The van der Waals surface area contributed by atoms with Gasteiger partial charge in [0.1, 0.15) is 11.5 Å². The third kappa shape index (κ3) is 5.19. The lowest BCUT2D eigenvalue weighted by Gasteiger charge is -2.09. The summed E-state index contributed by atoms with van der Waals surface area (Å²) in [4.78, 5) is 6.24. The van der Waals surface area contributed by atoms with Gasteiger partial charge in [0, 0.05) is 15.8 Å². The number of nitrogens with zero attached hydrogens (tertiary/aromatic N) is 2. The molecule has 0 fully saturated rings. The van der Waals surface area contributed by atoms with Crippen molar-refractivity contribution in [3.63, 3.8) is 0 Å². The van der Waals surface area contributed by atoms with Gasteiger partial charge in [0.25, 0.3) is 0 Å². The molecule has 31 heavy (non-hydrogen) atoms. The van der Waals surface area contributed by atoms with Gasteiger partial charge in [-0.25, -0.2) is 4.98 Å². The van der Waals surface area contributed by atoms with E-state index in [0.29, 0.717) is 15.7 Å². The number of halogens is 1. The van der Waals surface area contributed by atoms with E-state index >= 15 is 0 Å². The Morgan fingerprint density at radius 3 is 2.68 bits per heavy atom. The molecule has 0 radical (unpaired) electrons. The fraction of sp³-hybridized carbons (Fsp3) is 0.0435. The first-order valence-corrected chi connectivity index (χ1v) is 11.3. The number of para-hydroxylation sites is 1. The highest BCUT2D eigenvalue weighted by atomic mass is 35.5. The summed E-state index contributed by atoms with van der Waals surface area (Å²) in [5.41, 5.74) is 5.24. The number of rotatable bonds is 7. The first kappa shape index (κ1) is 21.2. The van der Waals surface area contributed by atoms with Crippen molar-refractivity contribution in [1.29, 1.82) is 0 Å². The van der Waals surface area contributed by atoms with Crippen molar-refractivity contribution in [1.82, 2.24) is 4.98 Å². The van der Waals surface area contributed by atoms with E-state index in [2.05, 4.69) is 15.5 Å². The van der Waals surface area contributed by atoms with E-state index in [1.807, 2.05) is 60.0 Å². The van der Waals surface area contributed by atoms with Crippen molar-refractivity contribution in [3.8, 4) is 22.8 Å². The van der Waals surface area contributed by atoms with Crippen molar-refractivity contribution >= 4 is 46.0 Å². The first-order chi connectivity index (χ1) is 15.1. The molecule has 0 aliphatic carbocycles. The molecule has 8 heteroatoms. The van der Waals surface area contributed by atoms with Gasteiger partial charge >= 0.3 is 0 Å². The molecule has 0 atom stereocenters. The van der Waals surface area contributed by atoms with E-state index in [1.54, 1.807) is 19.2 Å². The second-order valence-corrected chi connectivity index (χ2v) is 8.75. The zero-order valence-corrected chi connectivity index (χ0v) is 18.8. The van der Waals surface area contributed by atoms with Crippen LogP contribution in [0.5, 0.6) is 11.5 Å². The van der Waals surface area contributed by atoms with Crippen LogP contribution < -0.4 is 10.2 Å². The maximum Gasteiger partial charge on any atom is 0.203 e. The van der Waals surface area contributed by atoms with Gasteiger partial charge in [-0.1, -0.05) is 65.8 Å². The number of aromatic hydroxyl groups is 1. The first-order valence-electron chi connectivity index (χ1n) is 9.27. The number of nitrogens with one attached hydrogen (secondary N) is 1. The van der Waals surface area contributed by atoms with Crippen LogP contribution in [0, 0.1) is 0 Å². The van der Waals surface area contributed by atoms with Gasteiger partial charge in [-0.15, -0.1) is 11.3 Å². The van der Waals surface area contributed by atoms with Gasteiger partial charge < -0.3 is 9.84 Å². The van der Waals surface area contributed by atoms with Crippen LogP contribution in [0.3, 0.4) is 0 Å². The molecule has 0 saturated heterocycles. The Bertz CT molecular complexity index is 1190. The number of thiazole rings is 1. The van der Waals surface area contributed by atoms with E-state index in [9.17, 15) is 5.11 Å². The molecular formula is C23H18ClN3O2S2. The van der Waals surface area contributed by atoms with Gasteiger partial charge in [0.05, 0.1) is 34.5 Å². The molecule has 3 aromatic carbocycles. The van der Waals surface area contributed by atoms with Gasteiger partial charge in [0.15, 0.2) is 0 Å². The Kier molecular flexibility index (Phi) is 6.76. The van der Waals surface area contributed by atoms with Crippen molar-refractivity contribution in [2.75, 3.05) is 12.5 Å². The van der Waals surface area contributed by atoms with E-state index in [1.165, 1.54) is 29.3 Å². The number of hydrogen-bond acceptors (Lipinski definition) is 7. The number of anilines is 1. The standard InChI is InChI=1S/C23H18ClN3O2S2/c1-29-21-9-5-6-10-22(21)31-16-11-18(24)17(20(28)12-16)13-25-27-23-26-19(14-30-23)15-7-3-2-4-8-15/h2-14,28H,1H3,(H,26,27). The van der Waals surface area contributed by atoms with Crippen molar-refractivity contribution in [2.24, 2.45) is 5.10 Å². The molecule has 1 aromatic heterocycles. The Balaban J connectivity index is 1.46. The molecule has 0 spiro atoms. The fourth-order valence-electron chi connectivity index (χ4n) is 2.81. The molecule has 0 unspecified atom stereocenters. The molecule has 0 amide bonds. The van der Waals surface area contributed by atoms with Crippen LogP contribution in [0.4, 0.5) is 5.13 Å². The van der Waals surface area contributed by atoms with Crippen molar-refractivity contribution in [2.45, 2.75) is 9.79 Å². The number of phenols is 1. The summed E-state index contributed by atoms with van der Waals surface area (Å²) in [6.07, 6.45) is 1.48. The quantitative estimate of drug-likeness (QED) is 0.232. The molecule has 0 aliphatic rings. The number of benzene rings is 3. The molecule has 0 aliphatic heterocycles. The van der Waals surface area contributed by atoms with Gasteiger partial charge in [-0.05, 0) is 24.3 Å². The minimum Gasteiger partial charge on any atom is -0.507 e. The Morgan fingerprint density at radius 2 is 1.90 bits per heavy atom. The maximum atomic E-state index is 10.5. The summed E-state index contributed by atoms with van der Waals surface area (Å²) in [5, 5.41) is 17.7. The minimum absolute atomic E-state index is 0.0413. The maximum absolute atomic E-state index is 10.5. The van der Waals surface area contributed by atoms with Crippen molar-refractivity contribution < 1.29 is 9.84 Å². The lowest BCUT2D eigenvalue weighted by atomic mass is 10.2. The summed E-state index contributed by atoms with van der Waals surface area (Å²) < 4.78 is 5.38. The highest BCUT2D eigenvalue weighted by Gasteiger charge is 2.11. The SMILES string of the molecule is COc1ccccc1Sc1cc(O)c(C=NNc2nc(-c3ccccc3)cs2)c(Cl)c1. The van der Waals surface area contributed by atoms with Crippen LogP contribution in [0.15, 0.2) is 87.0 Å². The van der Waals surface area contributed by atoms with Crippen molar-refractivity contribution in [3.05, 3.63) is 82.7 Å². The second-order valence-electron chi connectivity index (χ2n) is 6.36. The van der Waals surface area contributed by atoms with Gasteiger partial charge in [-0.2, -0.15) is 5.10 Å². The number of phenolic OH excluding ortho intramolecular Hbond substituents is 1. The predicted octanol–water partition coefficient (Wildman–Crippen LogP) is 6.77. The van der Waals surface area contributed by atoms with Crippen LogP contribution >= 0.6 is 34.7 Å². The van der Waals surface area contributed by atoms with Crippen LogP contribution in [-0.4, -0.2) is 23.4 Å². The van der Waals surface area contributed by atoms with E-state index in [4.69, 9.17) is 16.3 Å². The van der Waals surface area contributed by atoms with Crippen LogP contribution in [-0.2, 0) is 0 Å². The molecule has 2 N–H and O–H groups in total. The third-order valence-electron chi connectivity index (χ3n) is 4.31. The largest absolute Gasteiger partial charge is 0.507 e. The van der Waals surface area contributed by atoms with Crippen LogP contribution in [0.1, 0.15) is 5.56 Å². The number of aromatic nitrogens is 1. The van der Waals surface area contributed by atoms with E-state index < -0.39 is 0 Å². The number of ether oxygens (including phenoxy) is 1. The normalized spacial score (nSPS) is 11.0. The topological polar surface area (TPSA) is 66.7 Å². The zero-order chi connectivity index (χ0) is 21.6. The van der Waals surface area contributed by atoms with E-state index in [0.717, 1.165) is 26.8 Å². The minimum atomic E-state index is 0.0413. The zero-order valence-electron chi connectivity index (χ0n) is 16.4. The fourth-order valence-corrected chi connectivity index (χ4v) is 4.81. The number of methoxy groups -OCH3 is 1. The molecule has 156 valence electrons. The number of hydrazone groups is 1. The van der Waals surface area contributed by atoms with E-state index in [-0.39, 0.29) is 5.75 Å². The summed E-state index contributed by atoms with van der Waals surface area (Å²) in [6, 6.07) is 21.0. The van der Waals surface area contributed by atoms with Crippen LogP contribution in [0.25, 0.3) is 11.3 Å². The van der Waals surface area contributed by atoms with Gasteiger partial charge in [0.2, 0.25) is 5.13 Å². The summed E-state index contributed by atoms with van der Waals surface area (Å²) in [6.45, 7) is 0. The second kappa shape index (κ2) is 9.87. The monoisotopic (exact) mass is 467 g/mol. The summed E-state index contributed by atoms with van der Waals surface area (Å²) >= 11 is 9.31. The average molecular weight is 468 g/mol. The average Bonchev–Trinajstić information content (AvgIpc) is 3.26. The molecule has 1 heterocycles. The van der Waals surface area contributed by atoms with Gasteiger partial charge in [-0.3, -0.25) is 5.43 Å². The molecular weight excluding hydrogens is 450 g/mol. The highest BCUT2D eigenvalue weighted by molar-refractivity contribution is 7.99. The molecule has 5 nitrogen and oxygen atoms in total. The Hall–Kier alpha value is -3.00. The molecule has 4 rings (SSSR count). The molecule has 0 bridgehead atoms. The number of hydrogen-bond donors (Lipinski definition) is 2. The summed E-state index contributed by atoms with van der Waals surface area (Å²) in [5.74, 6) is 0.802. The lowest BCUT2D eigenvalue weighted by Crippen LogP contribution is -1.92. The highest BCUT2D eigenvalue weighted by Crippen LogP contribution is 2.38. The van der Waals surface area contributed by atoms with Crippen LogP contribution in [0.2, 0.25) is 5.02 Å². The predicted molar refractivity (Wildman–Crippen MR) is 129 cm³/mol. The lowest BCUT2D eigenvalue weighted by molar-refractivity contribution is 0.405. The third-order valence-corrected chi connectivity index (χ3v) is 6.39. The summed E-state index contributed by atoms with van der Waals surface area (Å²) in [7, 11) is 1.63. The smallest absolute Gasteiger partial charge is 0.203 e.